The van der Waals surface area contributed by atoms with E-state index in [-0.39, 0.29) is 17.3 Å². The summed E-state index contributed by atoms with van der Waals surface area (Å²) < 4.78 is 14.6. The number of benzene rings is 2. The van der Waals surface area contributed by atoms with E-state index in [1.54, 1.807) is 22.9 Å². The lowest BCUT2D eigenvalue weighted by molar-refractivity contribution is 0.533. The molecule has 0 aliphatic heterocycles. The maximum atomic E-state index is 12.9. The van der Waals surface area contributed by atoms with Gasteiger partial charge in [-0.25, -0.2) is 4.39 Å². The van der Waals surface area contributed by atoms with Crippen LogP contribution in [0.25, 0.3) is 10.9 Å². The number of nitrogens with two attached hydrogens (primary N) is 1. The highest BCUT2D eigenvalue weighted by molar-refractivity contribution is 5.77. The van der Waals surface area contributed by atoms with E-state index >= 15 is 0 Å². The number of hydrogen-bond acceptors (Lipinski definition) is 3. The predicted octanol–water partition coefficient (Wildman–Crippen LogP) is 2.24. The summed E-state index contributed by atoms with van der Waals surface area (Å²) in [5.41, 5.74) is 7.59. The molecule has 0 radical (unpaired) electrons. The summed E-state index contributed by atoms with van der Waals surface area (Å²) in [6, 6.07) is 13.0. The molecule has 0 aliphatic rings. The molecule has 21 heavy (non-hydrogen) atoms. The molecule has 0 fully saturated rings. The predicted molar refractivity (Wildman–Crippen MR) is 79.3 cm³/mol. The smallest absolute Gasteiger partial charge is 0.207 e. The lowest BCUT2D eigenvalue weighted by atomic mass is 10.1. The van der Waals surface area contributed by atoms with Gasteiger partial charge in [0.15, 0.2) is 0 Å². The fraction of sp³-hybridized carbons (Fsp3) is 0.125. The van der Waals surface area contributed by atoms with Gasteiger partial charge in [-0.2, -0.15) is 5.10 Å². The molecule has 4 nitrogen and oxygen atoms in total. The molecule has 5 heteroatoms. The van der Waals surface area contributed by atoms with Gasteiger partial charge in [-0.05, 0) is 29.8 Å². The molecule has 0 spiro atoms. The number of halogens is 1. The van der Waals surface area contributed by atoms with Gasteiger partial charge >= 0.3 is 0 Å². The second-order valence-electron chi connectivity index (χ2n) is 4.87. The third kappa shape index (κ3) is 2.68. The van der Waals surface area contributed by atoms with Crippen molar-refractivity contribution in [2.75, 3.05) is 0 Å². The molecule has 0 saturated heterocycles. The third-order valence-corrected chi connectivity index (χ3v) is 3.43. The summed E-state index contributed by atoms with van der Waals surface area (Å²) in [7, 11) is 0. The van der Waals surface area contributed by atoms with Crippen molar-refractivity contribution >= 4 is 10.9 Å². The molecule has 3 aromatic rings. The first-order valence-electron chi connectivity index (χ1n) is 6.61. The highest BCUT2D eigenvalue weighted by Crippen LogP contribution is 2.15. The van der Waals surface area contributed by atoms with Crippen LogP contribution >= 0.6 is 0 Å². The highest BCUT2D eigenvalue weighted by Gasteiger charge is 2.10. The Balaban J connectivity index is 1.96. The maximum Gasteiger partial charge on any atom is 0.207 e. The van der Waals surface area contributed by atoms with Gasteiger partial charge in [0.05, 0.1) is 18.3 Å². The zero-order valence-electron chi connectivity index (χ0n) is 11.2. The Morgan fingerprint density at radius 2 is 1.86 bits per heavy atom. The number of hydrogen-bond donors (Lipinski definition) is 1. The SMILES string of the molecule is NC(Cn1ncc(=O)c2ccccc21)c1ccc(F)cc1. The normalized spacial score (nSPS) is 12.5. The van der Waals surface area contributed by atoms with Crippen molar-refractivity contribution in [1.29, 1.82) is 0 Å². The summed E-state index contributed by atoms with van der Waals surface area (Å²) in [5, 5.41) is 4.75. The van der Waals surface area contributed by atoms with Crippen molar-refractivity contribution in [2.24, 2.45) is 5.73 Å². The molecule has 2 aromatic carbocycles. The van der Waals surface area contributed by atoms with Gasteiger partial charge < -0.3 is 5.73 Å². The molecule has 2 N–H and O–H groups in total. The van der Waals surface area contributed by atoms with Crippen LogP contribution in [0.1, 0.15) is 11.6 Å². The van der Waals surface area contributed by atoms with Crippen molar-refractivity contribution in [3.05, 3.63) is 76.3 Å². The summed E-state index contributed by atoms with van der Waals surface area (Å²) in [5.74, 6) is -0.294. The molecule has 0 bridgehead atoms. The first kappa shape index (κ1) is 13.5. The molecule has 1 aromatic heterocycles. The van der Waals surface area contributed by atoms with Crippen molar-refractivity contribution in [2.45, 2.75) is 12.6 Å². The molecule has 0 aliphatic carbocycles. The van der Waals surface area contributed by atoms with Crippen molar-refractivity contribution in [3.63, 3.8) is 0 Å². The molecule has 1 unspecified atom stereocenters. The van der Waals surface area contributed by atoms with Gasteiger partial charge in [-0.3, -0.25) is 9.48 Å². The average molecular weight is 283 g/mol. The molecular weight excluding hydrogens is 269 g/mol. The van der Waals surface area contributed by atoms with Crippen LogP contribution < -0.4 is 11.2 Å². The van der Waals surface area contributed by atoms with Gasteiger partial charge in [0.2, 0.25) is 5.43 Å². The van der Waals surface area contributed by atoms with E-state index in [2.05, 4.69) is 5.10 Å². The number of para-hydroxylation sites is 1. The van der Waals surface area contributed by atoms with Crippen LogP contribution in [0, 0.1) is 5.82 Å². The minimum atomic E-state index is -0.330. The minimum absolute atomic E-state index is 0.114. The van der Waals surface area contributed by atoms with Crippen LogP contribution in [0.3, 0.4) is 0 Å². The lowest BCUT2D eigenvalue weighted by Gasteiger charge is -2.15. The number of rotatable bonds is 3. The van der Waals surface area contributed by atoms with Gasteiger partial charge in [0.25, 0.3) is 0 Å². The Kier molecular flexibility index (Phi) is 3.50. The fourth-order valence-corrected chi connectivity index (χ4v) is 2.31. The van der Waals surface area contributed by atoms with Gasteiger partial charge in [0, 0.05) is 11.4 Å². The van der Waals surface area contributed by atoms with Gasteiger partial charge in [-0.1, -0.05) is 24.3 Å². The zero-order valence-corrected chi connectivity index (χ0v) is 11.2. The van der Waals surface area contributed by atoms with E-state index in [1.807, 2.05) is 18.2 Å². The summed E-state index contributed by atoms with van der Waals surface area (Å²) >= 11 is 0. The molecular formula is C16H14FN3O. The van der Waals surface area contributed by atoms with Gasteiger partial charge in [0.1, 0.15) is 5.82 Å². The van der Waals surface area contributed by atoms with Crippen LogP contribution in [0.4, 0.5) is 4.39 Å². The Morgan fingerprint density at radius 3 is 2.62 bits per heavy atom. The first-order chi connectivity index (χ1) is 10.1. The van der Waals surface area contributed by atoms with E-state index in [1.165, 1.54) is 18.3 Å². The standard InChI is InChI=1S/C16H14FN3O/c17-12-7-5-11(6-8-12)14(18)10-20-15-4-2-1-3-13(15)16(21)9-19-20/h1-9,14H,10,18H2. The molecule has 3 rings (SSSR count). The number of fused-ring (bicyclic) bond motifs is 1. The monoisotopic (exact) mass is 283 g/mol. The molecule has 1 atom stereocenters. The largest absolute Gasteiger partial charge is 0.322 e. The van der Waals surface area contributed by atoms with E-state index in [4.69, 9.17) is 5.73 Å². The van der Waals surface area contributed by atoms with Crippen LogP contribution in [0.2, 0.25) is 0 Å². The lowest BCUT2D eigenvalue weighted by Crippen LogP contribution is -2.21. The van der Waals surface area contributed by atoms with E-state index in [0.717, 1.165) is 11.1 Å². The van der Waals surface area contributed by atoms with E-state index < -0.39 is 0 Å². The molecule has 106 valence electrons. The van der Waals surface area contributed by atoms with Crippen LogP contribution in [-0.4, -0.2) is 9.78 Å². The summed E-state index contributed by atoms with van der Waals surface area (Å²) in [6.45, 7) is 0.409. The van der Waals surface area contributed by atoms with Gasteiger partial charge in [-0.15, -0.1) is 0 Å². The van der Waals surface area contributed by atoms with Crippen LogP contribution in [-0.2, 0) is 6.54 Å². The Bertz CT molecular complexity index is 827. The van der Waals surface area contributed by atoms with Crippen molar-refractivity contribution in [3.8, 4) is 0 Å². The Hall–Kier alpha value is -2.53. The highest BCUT2D eigenvalue weighted by atomic mass is 19.1. The Labute approximate surface area is 120 Å². The molecule has 0 amide bonds. The number of aromatic nitrogens is 2. The minimum Gasteiger partial charge on any atom is -0.322 e. The van der Waals surface area contributed by atoms with E-state index in [9.17, 15) is 9.18 Å². The van der Waals surface area contributed by atoms with Crippen LogP contribution in [0.5, 0.6) is 0 Å². The molecule has 0 saturated carbocycles. The van der Waals surface area contributed by atoms with Crippen molar-refractivity contribution in [1.82, 2.24) is 9.78 Å². The topological polar surface area (TPSA) is 60.9 Å². The third-order valence-electron chi connectivity index (χ3n) is 3.43. The summed E-state index contributed by atoms with van der Waals surface area (Å²) in [4.78, 5) is 11.8. The van der Waals surface area contributed by atoms with Crippen LogP contribution in [0.15, 0.2) is 59.5 Å². The zero-order chi connectivity index (χ0) is 14.8. The average Bonchev–Trinajstić information content (AvgIpc) is 2.51. The molecule has 1 heterocycles. The van der Waals surface area contributed by atoms with E-state index in [0.29, 0.717) is 11.9 Å². The van der Waals surface area contributed by atoms with Crippen molar-refractivity contribution < 1.29 is 4.39 Å². The summed E-state index contributed by atoms with van der Waals surface area (Å²) in [6.07, 6.45) is 1.29. The second kappa shape index (κ2) is 5.46. The Morgan fingerprint density at radius 1 is 1.14 bits per heavy atom. The quantitative estimate of drug-likeness (QED) is 0.802. The first-order valence-corrected chi connectivity index (χ1v) is 6.61. The number of nitrogens with zero attached hydrogens (tertiary/aromatic N) is 2. The fourth-order valence-electron chi connectivity index (χ4n) is 2.31. The second-order valence-corrected chi connectivity index (χ2v) is 4.87. The maximum absolute atomic E-state index is 12.9.